The maximum Gasteiger partial charge on any atom is 0.326 e. The van der Waals surface area contributed by atoms with E-state index in [1.54, 1.807) is 0 Å². The van der Waals surface area contributed by atoms with Crippen LogP contribution < -0.4 is 16.0 Å². The molecule has 4 N–H and O–H groups in total. The van der Waals surface area contributed by atoms with Gasteiger partial charge in [0.15, 0.2) is 0 Å². The van der Waals surface area contributed by atoms with Crippen molar-refractivity contribution in [2.45, 2.75) is 90.8 Å². The summed E-state index contributed by atoms with van der Waals surface area (Å²) in [7, 11) is 0. The summed E-state index contributed by atoms with van der Waals surface area (Å²) in [4.78, 5) is 36.3. The highest BCUT2D eigenvalue weighted by Gasteiger charge is 2.28. The molecule has 0 heterocycles. The minimum Gasteiger partial charge on any atom is -0.480 e. The molecule has 7 nitrogen and oxygen atoms in total. The molecule has 0 saturated heterocycles. The number of carboxylic acids is 1. The number of rotatable bonds is 9. The van der Waals surface area contributed by atoms with Crippen molar-refractivity contribution in [2.24, 2.45) is 11.8 Å². The first-order valence-corrected chi connectivity index (χ1v) is 9.79. The zero-order valence-corrected chi connectivity index (χ0v) is 16.5. The zero-order chi connectivity index (χ0) is 19.7. The second-order valence-corrected chi connectivity index (χ2v) is 8.16. The van der Waals surface area contributed by atoms with E-state index in [1.165, 1.54) is 6.42 Å². The first kappa shape index (κ1) is 22.3. The number of nitrogens with one attached hydrogen (secondary N) is 3. The van der Waals surface area contributed by atoms with Gasteiger partial charge in [0.1, 0.15) is 12.1 Å². The Kier molecular flexibility index (Phi) is 9.44. The van der Waals surface area contributed by atoms with Crippen LogP contribution in [0, 0.1) is 11.8 Å². The molecular formula is C19H35N3O4. The summed E-state index contributed by atoms with van der Waals surface area (Å²) in [5, 5.41) is 17.6. The van der Waals surface area contributed by atoms with Gasteiger partial charge in [-0.2, -0.15) is 0 Å². The Labute approximate surface area is 156 Å². The van der Waals surface area contributed by atoms with Crippen molar-refractivity contribution in [3.05, 3.63) is 0 Å². The summed E-state index contributed by atoms with van der Waals surface area (Å²) in [6, 6.07) is -1.89. The normalized spacial score (nSPS) is 17.6. The number of urea groups is 1. The van der Waals surface area contributed by atoms with E-state index in [-0.39, 0.29) is 23.9 Å². The van der Waals surface area contributed by atoms with Gasteiger partial charge in [-0.3, -0.25) is 4.79 Å². The van der Waals surface area contributed by atoms with Crippen LogP contribution in [0.3, 0.4) is 0 Å². The number of amides is 3. The lowest BCUT2D eigenvalue weighted by Gasteiger charge is -2.26. The molecule has 0 radical (unpaired) electrons. The van der Waals surface area contributed by atoms with Gasteiger partial charge in [-0.25, -0.2) is 9.59 Å². The number of carbonyl (C=O) groups excluding carboxylic acids is 2. The molecule has 3 amide bonds. The molecule has 1 aliphatic rings. The lowest BCUT2D eigenvalue weighted by atomic mass is 9.96. The lowest BCUT2D eigenvalue weighted by molar-refractivity contribution is -0.142. The fraction of sp³-hybridized carbons (Fsp3) is 0.842. The standard InChI is InChI=1S/C19H35N3O4/c1-12(2)10-15(17(23)21-16(18(24)25)11-13(3)4)22-19(26)20-14-8-6-5-7-9-14/h12-16H,5-11H2,1-4H3,(H,21,23)(H,24,25)(H2,20,22,26)/t15-,16+/m0/s1. The van der Waals surface area contributed by atoms with Crippen LogP contribution in [-0.4, -0.2) is 41.1 Å². The molecule has 0 aromatic heterocycles. The summed E-state index contributed by atoms with van der Waals surface area (Å²) in [6.45, 7) is 7.74. The summed E-state index contributed by atoms with van der Waals surface area (Å²) in [5.41, 5.74) is 0. The third-order valence-electron chi connectivity index (χ3n) is 4.59. The minimum absolute atomic E-state index is 0.141. The highest BCUT2D eigenvalue weighted by atomic mass is 16.4. The van der Waals surface area contributed by atoms with Crippen molar-refractivity contribution < 1.29 is 19.5 Å². The van der Waals surface area contributed by atoms with Crippen LogP contribution in [0.4, 0.5) is 4.79 Å². The Morgan fingerprint density at radius 2 is 1.42 bits per heavy atom. The molecule has 0 aromatic carbocycles. The maximum atomic E-state index is 12.6. The molecule has 0 unspecified atom stereocenters. The van der Waals surface area contributed by atoms with Crippen LogP contribution in [0.25, 0.3) is 0 Å². The fourth-order valence-electron chi connectivity index (χ4n) is 3.30. The lowest BCUT2D eigenvalue weighted by Crippen LogP contribution is -2.55. The van der Waals surface area contributed by atoms with Gasteiger partial charge in [0, 0.05) is 6.04 Å². The Morgan fingerprint density at radius 1 is 0.885 bits per heavy atom. The van der Waals surface area contributed by atoms with Gasteiger partial charge in [0.25, 0.3) is 0 Å². The molecule has 0 aliphatic heterocycles. The first-order chi connectivity index (χ1) is 12.2. The number of carbonyl (C=O) groups is 3. The molecule has 26 heavy (non-hydrogen) atoms. The van der Waals surface area contributed by atoms with E-state index in [9.17, 15) is 19.5 Å². The molecule has 2 atom stereocenters. The highest BCUT2D eigenvalue weighted by molar-refractivity contribution is 5.90. The first-order valence-electron chi connectivity index (χ1n) is 9.79. The molecule has 0 bridgehead atoms. The summed E-state index contributed by atoms with van der Waals surface area (Å²) in [6.07, 6.45) is 6.15. The number of hydrogen-bond donors (Lipinski definition) is 4. The van der Waals surface area contributed by atoms with Gasteiger partial charge in [-0.1, -0.05) is 47.0 Å². The van der Waals surface area contributed by atoms with Crippen LogP contribution in [0.1, 0.15) is 72.6 Å². The highest BCUT2D eigenvalue weighted by Crippen LogP contribution is 2.17. The number of hydrogen-bond acceptors (Lipinski definition) is 3. The van der Waals surface area contributed by atoms with Gasteiger partial charge < -0.3 is 21.1 Å². The van der Waals surface area contributed by atoms with Gasteiger partial charge in [0.05, 0.1) is 0 Å². The SMILES string of the molecule is CC(C)C[C@H](NC(=O)NC1CCCCC1)C(=O)N[C@H](CC(C)C)C(=O)O. The van der Waals surface area contributed by atoms with Crippen molar-refractivity contribution in [1.82, 2.24) is 16.0 Å². The second kappa shape index (κ2) is 11.0. The van der Waals surface area contributed by atoms with Crippen molar-refractivity contribution in [2.75, 3.05) is 0 Å². The molecule has 150 valence electrons. The Balaban J connectivity index is 2.66. The monoisotopic (exact) mass is 369 g/mol. The third-order valence-corrected chi connectivity index (χ3v) is 4.59. The summed E-state index contributed by atoms with van der Waals surface area (Å²) >= 11 is 0. The van der Waals surface area contributed by atoms with Crippen molar-refractivity contribution in [3.63, 3.8) is 0 Å². The smallest absolute Gasteiger partial charge is 0.326 e. The number of carboxylic acid groups (broad SMARTS) is 1. The second-order valence-electron chi connectivity index (χ2n) is 8.16. The zero-order valence-electron chi connectivity index (χ0n) is 16.5. The van der Waals surface area contributed by atoms with Crippen molar-refractivity contribution >= 4 is 17.9 Å². The van der Waals surface area contributed by atoms with E-state index in [2.05, 4.69) is 16.0 Å². The molecule has 7 heteroatoms. The van der Waals surface area contributed by atoms with E-state index in [1.807, 2.05) is 27.7 Å². The van der Waals surface area contributed by atoms with Crippen molar-refractivity contribution in [3.8, 4) is 0 Å². The van der Waals surface area contributed by atoms with Crippen LogP contribution in [0.2, 0.25) is 0 Å². The molecule has 1 saturated carbocycles. The van der Waals surface area contributed by atoms with Gasteiger partial charge in [-0.05, 0) is 37.5 Å². The molecule has 1 rings (SSSR count). The van der Waals surface area contributed by atoms with E-state index in [0.717, 1.165) is 25.7 Å². The minimum atomic E-state index is -1.05. The van der Waals surface area contributed by atoms with Gasteiger partial charge in [0.2, 0.25) is 5.91 Å². The topological polar surface area (TPSA) is 108 Å². The molecule has 1 fully saturated rings. The number of aliphatic carboxylic acids is 1. The van der Waals surface area contributed by atoms with Crippen LogP contribution in [0.5, 0.6) is 0 Å². The van der Waals surface area contributed by atoms with E-state index in [4.69, 9.17) is 0 Å². The predicted molar refractivity (Wildman–Crippen MR) is 101 cm³/mol. The van der Waals surface area contributed by atoms with E-state index >= 15 is 0 Å². The Morgan fingerprint density at radius 3 is 1.92 bits per heavy atom. The van der Waals surface area contributed by atoms with Gasteiger partial charge >= 0.3 is 12.0 Å². The van der Waals surface area contributed by atoms with E-state index in [0.29, 0.717) is 12.8 Å². The fourth-order valence-corrected chi connectivity index (χ4v) is 3.30. The largest absolute Gasteiger partial charge is 0.480 e. The summed E-state index contributed by atoms with van der Waals surface area (Å²) < 4.78 is 0. The molecular weight excluding hydrogens is 334 g/mol. The van der Waals surface area contributed by atoms with E-state index < -0.39 is 24.0 Å². The predicted octanol–water partition coefficient (Wildman–Crippen LogP) is 2.65. The quantitative estimate of drug-likeness (QED) is 0.501. The maximum absolute atomic E-state index is 12.6. The Bertz CT molecular complexity index is 473. The van der Waals surface area contributed by atoms with Crippen molar-refractivity contribution in [1.29, 1.82) is 0 Å². The van der Waals surface area contributed by atoms with Crippen LogP contribution >= 0.6 is 0 Å². The third kappa shape index (κ3) is 8.54. The summed E-state index contributed by atoms with van der Waals surface area (Å²) in [5.74, 6) is -1.16. The average molecular weight is 370 g/mol. The molecule has 1 aliphatic carbocycles. The Hall–Kier alpha value is -1.79. The average Bonchev–Trinajstić information content (AvgIpc) is 2.53. The molecule has 0 spiro atoms. The van der Waals surface area contributed by atoms with Crippen LogP contribution in [0.15, 0.2) is 0 Å². The van der Waals surface area contributed by atoms with Crippen LogP contribution in [-0.2, 0) is 9.59 Å². The van der Waals surface area contributed by atoms with Gasteiger partial charge in [-0.15, -0.1) is 0 Å². The molecule has 0 aromatic rings.